The van der Waals surface area contributed by atoms with E-state index in [4.69, 9.17) is 10.2 Å². The van der Waals surface area contributed by atoms with Gasteiger partial charge in [0.25, 0.3) is 0 Å². The van der Waals surface area contributed by atoms with Gasteiger partial charge in [-0.3, -0.25) is 0 Å². The van der Waals surface area contributed by atoms with Crippen LogP contribution in [0.3, 0.4) is 0 Å². The van der Waals surface area contributed by atoms with Crippen LogP contribution in [-0.2, 0) is 0 Å². The number of aryl methyl sites for hydroxylation is 2. The molecule has 0 aromatic heterocycles. The molecule has 0 saturated carbocycles. The van der Waals surface area contributed by atoms with Crippen molar-refractivity contribution in [1.29, 1.82) is 0 Å². The molecule has 0 fully saturated rings. The van der Waals surface area contributed by atoms with Crippen molar-refractivity contribution in [2.45, 2.75) is 13.8 Å². The monoisotopic (exact) mass is 192 g/mol. The second-order valence-corrected chi connectivity index (χ2v) is 2.08. The molecule has 1 rings (SSSR count). The van der Waals surface area contributed by atoms with Gasteiger partial charge in [-0.15, -0.1) is 0 Å². The van der Waals surface area contributed by atoms with Crippen LogP contribution in [0.5, 0.6) is 0 Å². The maximum Gasteiger partial charge on any atom is 2.00 e. The third-order valence-electron chi connectivity index (χ3n) is 1.43. The smallest absolute Gasteiger partial charge is 0.857 e. The van der Waals surface area contributed by atoms with Crippen molar-refractivity contribution in [3.8, 4) is 0 Å². The first-order valence-electron chi connectivity index (χ1n) is 3.64. The van der Waals surface area contributed by atoms with E-state index in [1.165, 1.54) is 11.1 Å². The van der Waals surface area contributed by atoms with Crippen molar-refractivity contribution in [3.05, 3.63) is 35.4 Å². The molecule has 0 radical (unpaired) electrons. The zero-order valence-electron chi connectivity index (χ0n) is 8.83. The Hall–Kier alpha value is -0.0938. The Balaban J connectivity index is -0.000000178. The van der Waals surface area contributed by atoms with E-state index in [-0.39, 0.29) is 23.1 Å². The van der Waals surface area contributed by atoms with Crippen LogP contribution >= 0.6 is 0 Å². The predicted molar refractivity (Wildman–Crippen MR) is 53.5 cm³/mol. The Morgan fingerprint density at radius 2 is 1.00 bits per heavy atom. The van der Waals surface area contributed by atoms with Crippen molar-refractivity contribution in [3.63, 3.8) is 0 Å². The third kappa shape index (κ3) is 9.82. The molecule has 0 amide bonds. The Morgan fingerprint density at radius 3 is 1.15 bits per heavy atom. The van der Waals surface area contributed by atoms with E-state index in [2.05, 4.69) is 38.1 Å². The van der Waals surface area contributed by atoms with Gasteiger partial charge in [0, 0.05) is 0 Å². The Labute approximate surface area is 96.8 Å². The zero-order chi connectivity index (χ0) is 9.98. The zero-order valence-corrected chi connectivity index (χ0v) is 10.2. The molecule has 0 aliphatic heterocycles. The van der Waals surface area contributed by atoms with Crippen LogP contribution in [0.25, 0.3) is 0 Å². The maximum atomic E-state index is 8.25. The largest absolute Gasteiger partial charge is 2.00 e. The minimum Gasteiger partial charge on any atom is -0.857 e. The molecule has 0 heterocycles. The summed E-state index contributed by atoms with van der Waals surface area (Å²) in [6.07, 6.45) is 0. The van der Waals surface area contributed by atoms with E-state index in [1.807, 2.05) is 0 Å². The van der Waals surface area contributed by atoms with Gasteiger partial charge in [0.2, 0.25) is 0 Å². The number of rotatable bonds is 0. The van der Waals surface area contributed by atoms with Crippen LogP contribution in [0.2, 0.25) is 0 Å². The first-order chi connectivity index (χ1) is 5.80. The van der Waals surface area contributed by atoms with Crippen LogP contribution in [0.1, 0.15) is 11.1 Å². The SMILES string of the molecule is C[O-].C[O-].Cc1ccccc1C.[Mg+2]. The average molecular weight is 193 g/mol. The quantitative estimate of drug-likeness (QED) is 0.538. The number of hydrogen-bond acceptors (Lipinski definition) is 2. The van der Waals surface area contributed by atoms with Crippen molar-refractivity contribution < 1.29 is 10.2 Å². The van der Waals surface area contributed by atoms with Gasteiger partial charge in [-0.1, -0.05) is 24.3 Å². The van der Waals surface area contributed by atoms with Crippen LogP contribution < -0.4 is 10.2 Å². The van der Waals surface area contributed by atoms with Crippen molar-refractivity contribution >= 4 is 23.1 Å². The fourth-order valence-corrected chi connectivity index (χ4v) is 0.663. The summed E-state index contributed by atoms with van der Waals surface area (Å²) in [6, 6.07) is 8.36. The first kappa shape index (κ1) is 18.6. The van der Waals surface area contributed by atoms with Gasteiger partial charge in [0.1, 0.15) is 0 Å². The molecule has 0 spiro atoms. The Kier molecular flexibility index (Phi) is 20.7. The summed E-state index contributed by atoms with van der Waals surface area (Å²) in [5.74, 6) is 0. The summed E-state index contributed by atoms with van der Waals surface area (Å²) in [7, 11) is 1.50. The van der Waals surface area contributed by atoms with E-state index >= 15 is 0 Å². The van der Waals surface area contributed by atoms with Gasteiger partial charge < -0.3 is 10.2 Å². The van der Waals surface area contributed by atoms with E-state index in [1.54, 1.807) is 0 Å². The topological polar surface area (TPSA) is 46.1 Å². The molecule has 0 atom stereocenters. The Morgan fingerprint density at radius 1 is 0.769 bits per heavy atom. The van der Waals surface area contributed by atoms with Crippen molar-refractivity contribution in [2.24, 2.45) is 0 Å². The van der Waals surface area contributed by atoms with Gasteiger partial charge in [-0.25, -0.2) is 0 Å². The standard InChI is InChI=1S/C8H10.2CH3O.Mg/c1-7-5-3-4-6-8(7)2;2*1-2;/h3-6H,1-2H3;2*1H3;/q;2*-1;+2. The van der Waals surface area contributed by atoms with E-state index < -0.39 is 0 Å². The summed E-state index contributed by atoms with van der Waals surface area (Å²) >= 11 is 0. The third-order valence-corrected chi connectivity index (χ3v) is 1.43. The van der Waals surface area contributed by atoms with Gasteiger partial charge in [0.15, 0.2) is 0 Å². The minimum absolute atomic E-state index is 0. The molecule has 0 unspecified atom stereocenters. The molecule has 0 saturated heterocycles. The summed E-state index contributed by atoms with van der Waals surface area (Å²) in [6.45, 7) is 4.24. The summed E-state index contributed by atoms with van der Waals surface area (Å²) in [5, 5.41) is 16.5. The van der Waals surface area contributed by atoms with Gasteiger partial charge in [0.05, 0.1) is 0 Å². The molecule has 13 heavy (non-hydrogen) atoms. The normalized spacial score (nSPS) is 6.62. The van der Waals surface area contributed by atoms with E-state index in [9.17, 15) is 0 Å². The summed E-state index contributed by atoms with van der Waals surface area (Å²) in [4.78, 5) is 0. The summed E-state index contributed by atoms with van der Waals surface area (Å²) in [5.41, 5.74) is 2.74. The maximum absolute atomic E-state index is 8.25. The molecule has 0 aliphatic carbocycles. The molecule has 0 N–H and O–H groups in total. The van der Waals surface area contributed by atoms with E-state index in [0.717, 1.165) is 14.2 Å². The van der Waals surface area contributed by atoms with Gasteiger partial charge >= 0.3 is 23.1 Å². The van der Waals surface area contributed by atoms with Crippen LogP contribution in [0.15, 0.2) is 24.3 Å². The molecule has 0 bridgehead atoms. The molecule has 0 aliphatic rings. The molecular formula is C10H16MgO2. The second-order valence-electron chi connectivity index (χ2n) is 2.08. The second kappa shape index (κ2) is 14.4. The molecule has 70 valence electrons. The summed E-state index contributed by atoms with van der Waals surface area (Å²) < 4.78 is 0. The van der Waals surface area contributed by atoms with Crippen LogP contribution in [0.4, 0.5) is 0 Å². The number of hydrogen-bond donors (Lipinski definition) is 0. The van der Waals surface area contributed by atoms with Gasteiger partial charge in [-0.2, -0.15) is 14.2 Å². The van der Waals surface area contributed by atoms with Crippen molar-refractivity contribution in [2.75, 3.05) is 14.2 Å². The molecule has 2 nitrogen and oxygen atoms in total. The molecule has 1 aromatic carbocycles. The fourth-order valence-electron chi connectivity index (χ4n) is 0.663. The molecule has 3 heteroatoms. The minimum atomic E-state index is 0. The number of benzene rings is 1. The molecular weight excluding hydrogens is 176 g/mol. The first-order valence-corrected chi connectivity index (χ1v) is 3.64. The van der Waals surface area contributed by atoms with Crippen LogP contribution in [-0.4, -0.2) is 37.3 Å². The predicted octanol–water partition coefficient (Wildman–Crippen LogP) is -0.124. The average Bonchev–Trinajstić information content (AvgIpc) is 2.17. The Bertz CT molecular complexity index is 169. The fraction of sp³-hybridized carbons (Fsp3) is 0.400. The van der Waals surface area contributed by atoms with Crippen molar-refractivity contribution in [1.82, 2.24) is 0 Å². The molecule has 1 aromatic rings. The van der Waals surface area contributed by atoms with Crippen LogP contribution in [0, 0.1) is 13.8 Å². The van der Waals surface area contributed by atoms with Gasteiger partial charge in [-0.05, 0) is 25.0 Å². The van der Waals surface area contributed by atoms with E-state index in [0.29, 0.717) is 0 Å².